The van der Waals surface area contributed by atoms with E-state index in [-0.39, 0.29) is 18.5 Å². The number of thiazole rings is 1. The Morgan fingerprint density at radius 3 is 2.77 bits per heavy atom. The molecule has 3 amide bonds. The minimum Gasteiger partial charge on any atom is -0.354 e. The van der Waals surface area contributed by atoms with Gasteiger partial charge in [0.15, 0.2) is 0 Å². The Hall–Kier alpha value is -1.63. The molecule has 7 heteroatoms. The first-order valence-corrected chi connectivity index (χ1v) is 8.81. The van der Waals surface area contributed by atoms with Crippen molar-refractivity contribution in [3.8, 4) is 0 Å². The van der Waals surface area contributed by atoms with Crippen LogP contribution in [0, 0.1) is 0 Å². The molecule has 2 aliphatic rings. The summed E-state index contributed by atoms with van der Waals surface area (Å²) in [6.07, 6.45) is 7.59. The van der Waals surface area contributed by atoms with Gasteiger partial charge in [-0.05, 0) is 38.5 Å². The molecule has 2 aliphatic carbocycles. The Kier molecular flexibility index (Phi) is 4.92. The molecular formula is C15H22N4O2S. The quantitative estimate of drug-likeness (QED) is 0.734. The molecule has 0 aliphatic heterocycles. The molecule has 3 N–H and O–H groups in total. The van der Waals surface area contributed by atoms with E-state index in [1.807, 2.05) is 0 Å². The van der Waals surface area contributed by atoms with Gasteiger partial charge in [-0.1, -0.05) is 0 Å². The van der Waals surface area contributed by atoms with Crippen LogP contribution in [0.3, 0.4) is 0 Å². The van der Waals surface area contributed by atoms with Crippen molar-refractivity contribution in [2.75, 3.05) is 13.1 Å². The number of nitrogens with zero attached hydrogens (tertiary/aromatic N) is 1. The molecule has 0 unspecified atom stereocenters. The summed E-state index contributed by atoms with van der Waals surface area (Å²) in [7, 11) is 0. The summed E-state index contributed by atoms with van der Waals surface area (Å²) in [6, 6.07) is 0.0456. The van der Waals surface area contributed by atoms with Crippen LogP contribution < -0.4 is 16.0 Å². The van der Waals surface area contributed by atoms with Gasteiger partial charge in [0.1, 0.15) is 0 Å². The fraction of sp³-hybridized carbons (Fsp3) is 0.667. The summed E-state index contributed by atoms with van der Waals surface area (Å²) in [5.41, 5.74) is 1.26. The number of aromatic nitrogens is 1. The third kappa shape index (κ3) is 4.43. The first-order valence-electron chi connectivity index (χ1n) is 7.99. The number of amides is 3. The van der Waals surface area contributed by atoms with Gasteiger partial charge in [-0.3, -0.25) is 4.79 Å². The van der Waals surface area contributed by atoms with Crippen LogP contribution in [0.5, 0.6) is 0 Å². The largest absolute Gasteiger partial charge is 0.354 e. The molecular weight excluding hydrogens is 300 g/mol. The van der Waals surface area contributed by atoms with Crippen LogP contribution in [0.15, 0.2) is 0 Å². The van der Waals surface area contributed by atoms with Gasteiger partial charge >= 0.3 is 6.03 Å². The Bertz CT molecular complexity index is 530. The third-order valence-electron chi connectivity index (χ3n) is 3.87. The molecule has 22 heavy (non-hydrogen) atoms. The molecule has 0 aromatic carbocycles. The first-order chi connectivity index (χ1) is 10.7. The second-order valence-electron chi connectivity index (χ2n) is 5.89. The van der Waals surface area contributed by atoms with Gasteiger partial charge in [0.2, 0.25) is 5.91 Å². The molecule has 0 bridgehead atoms. The lowest BCUT2D eigenvalue weighted by atomic mass is 10.0. The highest BCUT2D eigenvalue weighted by molar-refractivity contribution is 7.11. The molecule has 1 aromatic heterocycles. The van der Waals surface area contributed by atoms with E-state index in [4.69, 9.17) is 0 Å². The van der Waals surface area contributed by atoms with Crippen LogP contribution in [0.2, 0.25) is 0 Å². The number of hydrogen-bond acceptors (Lipinski definition) is 4. The van der Waals surface area contributed by atoms with Crippen molar-refractivity contribution in [3.63, 3.8) is 0 Å². The average molecular weight is 322 g/mol. The summed E-state index contributed by atoms with van der Waals surface area (Å²) >= 11 is 1.78. The second-order valence-corrected chi connectivity index (χ2v) is 7.05. The lowest BCUT2D eigenvalue weighted by molar-refractivity contribution is -0.120. The maximum Gasteiger partial charge on any atom is 0.315 e. The molecule has 3 rings (SSSR count). The maximum atomic E-state index is 11.7. The Labute approximate surface area is 134 Å². The van der Waals surface area contributed by atoms with Crippen LogP contribution in [-0.4, -0.2) is 36.1 Å². The highest BCUT2D eigenvalue weighted by Crippen LogP contribution is 2.26. The van der Waals surface area contributed by atoms with Crippen LogP contribution in [-0.2, 0) is 24.1 Å². The van der Waals surface area contributed by atoms with Crippen LogP contribution in [0.1, 0.15) is 41.3 Å². The van der Waals surface area contributed by atoms with Gasteiger partial charge in [-0.25, -0.2) is 9.78 Å². The molecule has 1 saturated carbocycles. The van der Waals surface area contributed by atoms with Crippen LogP contribution in [0.4, 0.5) is 4.79 Å². The van der Waals surface area contributed by atoms with Crippen molar-refractivity contribution in [2.24, 2.45) is 0 Å². The predicted molar refractivity (Wildman–Crippen MR) is 85.0 cm³/mol. The van der Waals surface area contributed by atoms with E-state index in [9.17, 15) is 9.59 Å². The predicted octanol–water partition coefficient (Wildman–Crippen LogP) is 1.14. The zero-order valence-corrected chi connectivity index (χ0v) is 13.4. The van der Waals surface area contributed by atoms with Crippen LogP contribution >= 0.6 is 11.3 Å². The Morgan fingerprint density at radius 2 is 2.00 bits per heavy atom. The van der Waals surface area contributed by atoms with Gasteiger partial charge < -0.3 is 16.0 Å². The number of nitrogens with one attached hydrogen (secondary N) is 3. The van der Waals surface area contributed by atoms with Gasteiger partial charge in [0, 0.05) is 23.9 Å². The summed E-state index contributed by atoms with van der Waals surface area (Å²) < 4.78 is 0. The number of urea groups is 1. The number of carbonyl (C=O) groups is 2. The molecule has 6 nitrogen and oxygen atoms in total. The van der Waals surface area contributed by atoms with E-state index < -0.39 is 0 Å². The molecule has 120 valence electrons. The Balaban J connectivity index is 1.32. The normalized spacial score (nSPS) is 16.7. The fourth-order valence-corrected chi connectivity index (χ4v) is 3.66. The second kappa shape index (κ2) is 7.09. The number of carbonyl (C=O) groups excluding carboxylic acids is 2. The smallest absolute Gasteiger partial charge is 0.315 e. The molecule has 0 atom stereocenters. The average Bonchev–Trinajstić information content (AvgIpc) is 3.21. The first kappa shape index (κ1) is 15.3. The number of hydrogen-bond donors (Lipinski definition) is 3. The molecule has 1 fully saturated rings. The van der Waals surface area contributed by atoms with Gasteiger partial charge in [-0.2, -0.15) is 0 Å². The zero-order chi connectivity index (χ0) is 15.4. The molecule has 0 radical (unpaired) electrons. The summed E-state index contributed by atoms with van der Waals surface area (Å²) in [5.74, 6) is -0.160. The summed E-state index contributed by atoms with van der Waals surface area (Å²) in [4.78, 5) is 29.1. The number of fused-ring (bicyclic) bond motifs is 1. The zero-order valence-electron chi connectivity index (χ0n) is 12.6. The molecule has 0 saturated heterocycles. The SMILES string of the molecule is O=C(CNC(=O)NC1CC1)NCCc1nc2c(s1)CCCC2. The van der Waals surface area contributed by atoms with Crippen molar-refractivity contribution < 1.29 is 9.59 Å². The lowest BCUT2D eigenvalue weighted by Gasteiger charge is -2.07. The van der Waals surface area contributed by atoms with E-state index in [1.54, 1.807) is 11.3 Å². The van der Waals surface area contributed by atoms with Crippen molar-refractivity contribution in [2.45, 2.75) is 51.0 Å². The molecule has 0 spiro atoms. The highest BCUT2D eigenvalue weighted by Gasteiger charge is 2.23. The van der Waals surface area contributed by atoms with Crippen molar-refractivity contribution in [3.05, 3.63) is 15.6 Å². The van der Waals surface area contributed by atoms with Crippen molar-refractivity contribution in [1.82, 2.24) is 20.9 Å². The van der Waals surface area contributed by atoms with E-state index in [2.05, 4.69) is 20.9 Å². The van der Waals surface area contributed by atoms with E-state index >= 15 is 0 Å². The van der Waals surface area contributed by atoms with Crippen molar-refractivity contribution in [1.29, 1.82) is 0 Å². The molecule has 1 aromatic rings. The minimum atomic E-state index is -0.259. The number of aryl methyl sites for hydroxylation is 2. The van der Waals surface area contributed by atoms with Crippen LogP contribution in [0.25, 0.3) is 0 Å². The topological polar surface area (TPSA) is 83.1 Å². The fourth-order valence-electron chi connectivity index (χ4n) is 2.51. The summed E-state index contributed by atoms with van der Waals surface area (Å²) in [6.45, 7) is 0.587. The standard InChI is InChI=1S/C15H22N4O2S/c20-13(9-17-15(21)18-10-5-6-10)16-8-7-14-19-11-3-1-2-4-12(11)22-14/h10H,1-9H2,(H,16,20)(H2,17,18,21). The van der Waals surface area contributed by atoms with Gasteiger partial charge in [-0.15, -0.1) is 11.3 Å². The van der Waals surface area contributed by atoms with E-state index in [0.29, 0.717) is 12.6 Å². The monoisotopic (exact) mass is 322 g/mol. The number of rotatable bonds is 6. The van der Waals surface area contributed by atoms with Gasteiger partial charge in [0.05, 0.1) is 17.2 Å². The van der Waals surface area contributed by atoms with E-state index in [0.717, 1.165) is 37.1 Å². The van der Waals surface area contributed by atoms with E-state index in [1.165, 1.54) is 23.4 Å². The lowest BCUT2D eigenvalue weighted by Crippen LogP contribution is -2.43. The third-order valence-corrected chi connectivity index (χ3v) is 5.09. The minimum absolute atomic E-state index is 0.0208. The summed E-state index contributed by atoms with van der Waals surface area (Å²) in [5, 5.41) is 9.27. The Morgan fingerprint density at radius 1 is 1.18 bits per heavy atom. The van der Waals surface area contributed by atoms with Gasteiger partial charge in [0.25, 0.3) is 0 Å². The molecule has 1 heterocycles. The highest BCUT2D eigenvalue weighted by atomic mass is 32.1. The maximum absolute atomic E-state index is 11.7. The van der Waals surface area contributed by atoms with Crippen molar-refractivity contribution >= 4 is 23.3 Å².